The second kappa shape index (κ2) is 8.75. The van der Waals surface area contributed by atoms with Gasteiger partial charge in [0.2, 0.25) is 11.0 Å². The maximum Gasteiger partial charge on any atom is 0.252 e. The lowest BCUT2D eigenvalue weighted by Crippen LogP contribution is -2.27. The van der Waals surface area contributed by atoms with Gasteiger partial charge in [-0.15, -0.1) is 10.2 Å². The Balaban J connectivity index is 1.50. The Morgan fingerprint density at radius 3 is 2.70 bits per heavy atom. The number of nitrogens with zero attached hydrogens (tertiary/aromatic N) is 2. The van der Waals surface area contributed by atoms with E-state index in [9.17, 15) is 9.59 Å². The van der Waals surface area contributed by atoms with E-state index in [2.05, 4.69) is 20.8 Å². The second-order valence-electron chi connectivity index (χ2n) is 5.82. The molecule has 0 unspecified atom stereocenters. The number of amides is 2. The van der Waals surface area contributed by atoms with Crippen molar-refractivity contribution in [3.63, 3.8) is 0 Å². The molecule has 0 aliphatic rings. The zero-order valence-electron chi connectivity index (χ0n) is 14.5. The topological polar surface area (TPSA) is 84.0 Å². The number of anilines is 1. The van der Waals surface area contributed by atoms with E-state index in [0.717, 1.165) is 16.1 Å². The molecule has 2 amide bonds. The second-order valence-corrected chi connectivity index (χ2v) is 7.20. The SMILES string of the molecule is Cc1cccc(-c2nnc(NC(=O)CCNC(=O)c3ccccc3Cl)s2)c1. The molecule has 0 bridgehead atoms. The summed E-state index contributed by atoms with van der Waals surface area (Å²) in [5.74, 6) is -0.563. The standard InChI is InChI=1S/C19H17ClN4O2S/c1-12-5-4-6-13(11-12)18-23-24-19(27-18)22-16(25)9-10-21-17(26)14-7-2-3-8-15(14)20/h2-8,11H,9-10H2,1H3,(H,21,26)(H,22,24,25). The summed E-state index contributed by atoms with van der Waals surface area (Å²) < 4.78 is 0. The smallest absolute Gasteiger partial charge is 0.252 e. The van der Waals surface area contributed by atoms with Gasteiger partial charge in [0, 0.05) is 18.5 Å². The molecule has 0 atom stereocenters. The predicted octanol–water partition coefficient (Wildman–Crippen LogP) is 3.93. The Morgan fingerprint density at radius 2 is 1.93 bits per heavy atom. The number of carbonyl (C=O) groups is 2. The molecule has 1 heterocycles. The van der Waals surface area contributed by atoms with Crippen LogP contribution >= 0.6 is 22.9 Å². The third-order valence-corrected chi connectivity index (χ3v) is 4.91. The van der Waals surface area contributed by atoms with Gasteiger partial charge in [0.05, 0.1) is 10.6 Å². The highest BCUT2D eigenvalue weighted by Crippen LogP contribution is 2.26. The van der Waals surface area contributed by atoms with Gasteiger partial charge in [-0.3, -0.25) is 9.59 Å². The van der Waals surface area contributed by atoms with Crippen LogP contribution in [0.15, 0.2) is 48.5 Å². The molecule has 0 saturated carbocycles. The summed E-state index contributed by atoms with van der Waals surface area (Å²) >= 11 is 7.28. The maximum atomic E-state index is 12.0. The first-order valence-corrected chi connectivity index (χ1v) is 9.45. The van der Waals surface area contributed by atoms with E-state index in [1.165, 1.54) is 11.3 Å². The largest absolute Gasteiger partial charge is 0.351 e. The number of rotatable bonds is 6. The average molecular weight is 401 g/mol. The highest BCUT2D eigenvalue weighted by atomic mass is 35.5. The van der Waals surface area contributed by atoms with E-state index in [1.54, 1.807) is 24.3 Å². The van der Waals surface area contributed by atoms with Crippen molar-refractivity contribution in [3.05, 3.63) is 64.7 Å². The van der Waals surface area contributed by atoms with Crippen molar-refractivity contribution in [2.24, 2.45) is 0 Å². The Morgan fingerprint density at radius 1 is 1.11 bits per heavy atom. The Labute approximate surface area is 165 Å². The van der Waals surface area contributed by atoms with Gasteiger partial charge >= 0.3 is 0 Å². The minimum atomic E-state index is -0.314. The fourth-order valence-corrected chi connectivity index (χ4v) is 3.36. The first-order valence-electron chi connectivity index (χ1n) is 8.26. The first kappa shape index (κ1) is 19.0. The summed E-state index contributed by atoms with van der Waals surface area (Å²) in [7, 11) is 0. The molecule has 2 aromatic carbocycles. The van der Waals surface area contributed by atoms with Gasteiger partial charge in [0.1, 0.15) is 5.01 Å². The number of aryl methyl sites for hydroxylation is 1. The zero-order valence-corrected chi connectivity index (χ0v) is 16.1. The fraction of sp³-hybridized carbons (Fsp3) is 0.158. The van der Waals surface area contributed by atoms with Crippen LogP contribution in [0.25, 0.3) is 10.6 Å². The van der Waals surface area contributed by atoms with E-state index in [1.807, 2.05) is 31.2 Å². The summed E-state index contributed by atoms with van der Waals surface area (Å²) in [6, 6.07) is 14.7. The number of carbonyl (C=O) groups excluding carboxylic acids is 2. The van der Waals surface area contributed by atoms with Crippen LogP contribution in [0.3, 0.4) is 0 Å². The predicted molar refractivity (Wildman–Crippen MR) is 107 cm³/mol. The molecule has 0 spiro atoms. The van der Waals surface area contributed by atoms with Crippen LogP contribution in [0, 0.1) is 6.92 Å². The van der Waals surface area contributed by atoms with Gasteiger partial charge in [-0.25, -0.2) is 0 Å². The van der Waals surface area contributed by atoms with Crippen molar-refractivity contribution in [2.75, 3.05) is 11.9 Å². The molecule has 0 saturated heterocycles. The molecule has 0 aliphatic heterocycles. The zero-order chi connectivity index (χ0) is 19.2. The number of benzene rings is 2. The van der Waals surface area contributed by atoms with Gasteiger partial charge in [0.15, 0.2) is 0 Å². The lowest BCUT2D eigenvalue weighted by atomic mass is 10.1. The lowest BCUT2D eigenvalue weighted by molar-refractivity contribution is -0.116. The van der Waals surface area contributed by atoms with Crippen LogP contribution in [0.2, 0.25) is 5.02 Å². The monoisotopic (exact) mass is 400 g/mol. The van der Waals surface area contributed by atoms with Crippen molar-refractivity contribution in [1.29, 1.82) is 0 Å². The lowest BCUT2D eigenvalue weighted by Gasteiger charge is -2.06. The normalized spacial score (nSPS) is 10.4. The number of hydrogen-bond acceptors (Lipinski definition) is 5. The van der Waals surface area contributed by atoms with Crippen LogP contribution in [-0.4, -0.2) is 28.6 Å². The van der Waals surface area contributed by atoms with Crippen LogP contribution in [0.4, 0.5) is 5.13 Å². The minimum absolute atomic E-state index is 0.121. The van der Waals surface area contributed by atoms with E-state index in [-0.39, 0.29) is 24.8 Å². The van der Waals surface area contributed by atoms with Gasteiger partial charge in [-0.1, -0.05) is 58.8 Å². The van der Waals surface area contributed by atoms with Crippen molar-refractivity contribution in [2.45, 2.75) is 13.3 Å². The molecule has 0 radical (unpaired) electrons. The molecule has 3 rings (SSSR count). The van der Waals surface area contributed by atoms with Gasteiger partial charge in [-0.2, -0.15) is 0 Å². The Hall–Kier alpha value is -2.77. The summed E-state index contributed by atoms with van der Waals surface area (Å²) in [6.07, 6.45) is 0.121. The van der Waals surface area contributed by atoms with Crippen LogP contribution in [0.1, 0.15) is 22.3 Å². The molecule has 2 N–H and O–H groups in total. The third-order valence-electron chi connectivity index (χ3n) is 3.69. The van der Waals surface area contributed by atoms with Crippen molar-refractivity contribution in [3.8, 4) is 10.6 Å². The maximum absolute atomic E-state index is 12.0. The minimum Gasteiger partial charge on any atom is -0.351 e. The molecular formula is C19H17ClN4O2S. The molecule has 6 nitrogen and oxygen atoms in total. The molecule has 8 heteroatoms. The van der Waals surface area contributed by atoms with Crippen molar-refractivity contribution < 1.29 is 9.59 Å². The van der Waals surface area contributed by atoms with Crippen LogP contribution in [-0.2, 0) is 4.79 Å². The highest BCUT2D eigenvalue weighted by molar-refractivity contribution is 7.18. The number of halogens is 1. The summed E-state index contributed by atoms with van der Waals surface area (Å²) in [4.78, 5) is 24.1. The molecule has 1 aromatic heterocycles. The fourth-order valence-electron chi connectivity index (χ4n) is 2.38. The summed E-state index contributed by atoms with van der Waals surface area (Å²) in [5.41, 5.74) is 2.47. The van der Waals surface area contributed by atoms with E-state index in [4.69, 9.17) is 11.6 Å². The summed E-state index contributed by atoms with van der Waals surface area (Å²) in [5, 5.41) is 15.0. The molecular weight excluding hydrogens is 384 g/mol. The third kappa shape index (κ3) is 5.12. The quantitative estimate of drug-likeness (QED) is 0.656. The van der Waals surface area contributed by atoms with E-state index in [0.29, 0.717) is 15.7 Å². The van der Waals surface area contributed by atoms with Gasteiger partial charge in [-0.05, 0) is 25.1 Å². The molecule has 138 valence electrons. The van der Waals surface area contributed by atoms with E-state index < -0.39 is 0 Å². The Kier molecular flexibility index (Phi) is 6.16. The van der Waals surface area contributed by atoms with Gasteiger partial charge in [0.25, 0.3) is 5.91 Å². The van der Waals surface area contributed by atoms with Gasteiger partial charge < -0.3 is 10.6 Å². The number of nitrogens with one attached hydrogen (secondary N) is 2. The Bertz CT molecular complexity index is 974. The summed E-state index contributed by atoms with van der Waals surface area (Å²) in [6.45, 7) is 2.20. The number of hydrogen-bond donors (Lipinski definition) is 2. The van der Waals surface area contributed by atoms with Crippen LogP contribution < -0.4 is 10.6 Å². The van der Waals surface area contributed by atoms with E-state index >= 15 is 0 Å². The molecule has 3 aromatic rings. The molecule has 0 aliphatic carbocycles. The van der Waals surface area contributed by atoms with Crippen molar-refractivity contribution in [1.82, 2.24) is 15.5 Å². The molecule has 27 heavy (non-hydrogen) atoms. The number of aromatic nitrogens is 2. The average Bonchev–Trinajstić information content (AvgIpc) is 3.10. The highest BCUT2D eigenvalue weighted by Gasteiger charge is 2.12. The first-order chi connectivity index (χ1) is 13.0. The van der Waals surface area contributed by atoms with Crippen molar-refractivity contribution >= 4 is 39.9 Å². The van der Waals surface area contributed by atoms with Crippen LogP contribution in [0.5, 0.6) is 0 Å². The molecule has 0 fully saturated rings.